The minimum absolute atomic E-state index is 0.102. The van der Waals surface area contributed by atoms with Gasteiger partial charge in [0.25, 0.3) is 0 Å². The summed E-state index contributed by atoms with van der Waals surface area (Å²) in [5.41, 5.74) is -0.360. The van der Waals surface area contributed by atoms with Gasteiger partial charge in [-0.2, -0.15) is 0 Å². The first kappa shape index (κ1) is 13.5. The van der Waals surface area contributed by atoms with Gasteiger partial charge in [-0.25, -0.2) is 4.39 Å². The molecule has 1 aromatic carbocycles. The summed E-state index contributed by atoms with van der Waals surface area (Å²) >= 11 is 0. The second-order valence-corrected chi connectivity index (χ2v) is 4.93. The highest BCUT2D eigenvalue weighted by Gasteiger charge is 2.53. The Labute approximate surface area is 110 Å². The lowest BCUT2D eigenvalue weighted by Crippen LogP contribution is -2.38. The molecule has 0 aromatic heterocycles. The monoisotopic (exact) mass is 265 g/mol. The molecule has 5 heteroatoms. The maximum atomic E-state index is 13.8. The molecular weight excluding hydrogens is 249 g/mol. The van der Waals surface area contributed by atoms with Crippen LogP contribution in [0, 0.1) is 5.82 Å². The number of aliphatic carboxylic acids is 1. The Morgan fingerprint density at radius 2 is 2.00 bits per heavy atom. The first-order valence-corrected chi connectivity index (χ1v) is 6.20. The van der Waals surface area contributed by atoms with E-state index in [1.165, 1.54) is 11.0 Å². The van der Waals surface area contributed by atoms with Crippen molar-refractivity contribution in [1.29, 1.82) is 0 Å². The van der Waals surface area contributed by atoms with Crippen LogP contribution >= 0.6 is 0 Å². The minimum atomic E-state index is -0.949. The molecule has 1 aliphatic rings. The van der Waals surface area contributed by atoms with Crippen LogP contribution in [0.1, 0.15) is 24.8 Å². The van der Waals surface area contributed by atoms with Gasteiger partial charge in [0, 0.05) is 19.2 Å². The van der Waals surface area contributed by atoms with Crippen molar-refractivity contribution >= 4 is 11.9 Å². The summed E-state index contributed by atoms with van der Waals surface area (Å²) in [7, 11) is 1.56. The fraction of sp³-hybridized carbons (Fsp3) is 0.429. The molecule has 1 N–H and O–H groups in total. The molecule has 0 aliphatic heterocycles. The average Bonchev–Trinajstić information content (AvgIpc) is 3.17. The van der Waals surface area contributed by atoms with Crippen molar-refractivity contribution in [2.45, 2.75) is 24.7 Å². The molecule has 1 amide bonds. The minimum Gasteiger partial charge on any atom is -0.481 e. The van der Waals surface area contributed by atoms with Crippen molar-refractivity contribution in [1.82, 2.24) is 4.90 Å². The molecular formula is C14H16FNO3. The molecule has 2 rings (SSSR count). The van der Waals surface area contributed by atoms with Crippen molar-refractivity contribution in [2.75, 3.05) is 13.6 Å². The number of hydrogen-bond donors (Lipinski definition) is 1. The molecule has 0 spiro atoms. The maximum Gasteiger partial charge on any atom is 0.305 e. The molecule has 1 fully saturated rings. The van der Waals surface area contributed by atoms with E-state index >= 15 is 0 Å². The van der Waals surface area contributed by atoms with Gasteiger partial charge in [-0.1, -0.05) is 18.2 Å². The summed E-state index contributed by atoms with van der Waals surface area (Å²) in [5.74, 6) is -1.52. The van der Waals surface area contributed by atoms with Crippen molar-refractivity contribution in [3.63, 3.8) is 0 Å². The molecule has 102 valence electrons. The number of carboxylic acid groups (broad SMARTS) is 1. The van der Waals surface area contributed by atoms with E-state index in [0.717, 1.165) is 0 Å². The van der Waals surface area contributed by atoms with Crippen LogP contribution < -0.4 is 0 Å². The predicted octanol–water partition coefficient (Wildman–Crippen LogP) is 1.79. The number of halogens is 1. The zero-order chi connectivity index (χ0) is 14.0. The molecule has 19 heavy (non-hydrogen) atoms. The number of carbonyl (C=O) groups excluding carboxylic acids is 1. The molecule has 0 heterocycles. The average molecular weight is 265 g/mol. The highest BCUT2D eigenvalue weighted by Crippen LogP contribution is 2.50. The Balaban J connectivity index is 2.15. The van der Waals surface area contributed by atoms with Crippen LogP contribution in [0.3, 0.4) is 0 Å². The third-order valence-electron chi connectivity index (χ3n) is 3.56. The van der Waals surface area contributed by atoms with E-state index < -0.39 is 11.4 Å². The number of hydrogen-bond acceptors (Lipinski definition) is 2. The Morgan fingerprint density at radius 1 is 1.37 bits per heavy atom. The standard InChI is InChI=1S/C14H16FNO3/c1-16(9-6-12(17)18)13(19)14(7-8-14)10-4-2-3-5-11(10)15/h2-5H,6-9H2,1H3,(H,17,18). The van der Waals surface area contributed by atoms with E-state index in [4.69, 9.17) is 5.11 Å². The largest absolute Gasteiger partial charge is 0.481 e. The quantitative estimate of drug-likeness (QED) is 0.883. The number of carbonyl (C=O) groups is 2. The van der Waals surface area contributed by atoms with E-state index in [1.54, 1.807) is 25.2 Å². The van der Waals surface area contributed by atoms with Gasteiger partial charge in [0.2, 0.25) is 5.91 Å². The highest BCUT2D eigenvalue weighted by atomic mass is 19.1. The third-order valence-corrected chi connectivity index (χ3v) is 3.56. The fourth-order valence-electron chi connectivity index (χ4n) is 2.30. The van der Waals surface area contributed by atoms with Crippen LogP contribution in [-0.2, 0) is 15.0 Å². The number of rotatable bonds is 5. The lowest BCUT2D eigenvalue weighted by atomic mass is 9.94. The summed E-state index contributed by atoms with van der Waals surface area (Å²) in [6.07, 6.45) is 1.13. The van der Waals surface area contributed by atoms with Gasteiger partial charge in [-0.15, -0.1) is 0 Å². The van der Waals surface area contributed by atoms with E-state index in [-0.39, 0.29) is 24.7 Å². The number of nitrogens with zero attached hydrogens (tertiary/aromatic N) is 1. The molecule has 0 saturated heterocycles. The normalized spacial score (nSPS) is 15.9. The third kappa shape index (κ3) is 2.59. The van der Waals surface area contributed by atoms with Crippen LogP contribution in [0.5, 0.6) is 0 Å². The number of carboxylic acids is 1. The zero-order valence-electron chi connectivity index (χ0n) is 10.7. The van der Waals surface area contributed by atoms with Gasteiger partial charge in [0.15, 0.2) is 0 Å². The van der Waals surface area contributed by atoms with Crippen LogP contribution in [0.4, 0.5) is 4.39 Å². The summed E-state index contributed by atoms with van der Waals surface area (Å²) in [4.78, 5) is 24.3. The van der Waals surface area contributed by atoms with E-state index in [2.05, 4.69) is 0 Å². The van der Waals surface area contributed by atoms with E-state index in [9.17, 15) is 14.0 Å². The van der Waals surface area contributed by atoms with Crippen LogP contribution in [-0.4, -0.2) is 35.5 Å². The van der Waals surface area contributed by atoms with Gasteiger partial charge in [0.1, 0.15) is 5.82 Å². The van der Waals surface area contributed by atoms with Crippen molar-refractivity contribution in [2.24, 2.45) is 0 Å². The van der Waals surface area contributed by atoms with Crippen molar-refractivity contribution in [3.05, 3.63) is 35.6 Å². The van der Waals surface area contributed by atoms with Crippen molar-refractivity contribution < 1.29 is 19.1 Å². The molecule has 1 aromatic rings. The first-order valence-electron chi connectivity index (χ1n) is 6.20. The smallest absolute Gasteiger partial charge is 0.305 e. The maximum absolute atomic E-state index is 13.8. The lowest BCUT2D eigenvalue weighted by Gasteiger charge is -2.23. The Morgan fingerprint density at radius 3 is 2.53 bits per heavy atom. The van der Waals surface area contributed by atoms with Gasteiger partial charge in [0.05, 0.1) is 11.8 Å². The van der Waals surface area contributed by atoms with Gasteiger partial charge in [-0.05, 0) is 18.9 Å². The van der Waals surface area contributed by atoms with Gasteiger partial charge >= 0.3 is 5.97 Å². The fourth-order valence-corrected chi connectivity index (χ4v) is 2.30. The van der Waals surface area contributed by atoms with E-state index in [1.807, 2.05) is 0 Å². The summed E-state index contributed by atoms with van der Waals surface area (Å²) in [5, 5.41) is 8.63. The summed E-state index contributed by atoms with van der Waals surface area (Å²) < 4.78 is 13.8. The molecule has 1 aliphatic carbocycles. The molecule has 1 saturated carbocycles. The van der Waals surface area contributed by atoms with Crippen LogP contribution in [0.2, 0.25) is 0 Å². The zero-order valence-corrected chi connectivity index (χ0v) is 10.7. The second-order valence-electron chi connectivity index (χ2n) is 4.93. The Hall–Kier alpha value is -1.91. The lowest BCUT2D eigenvalue weighted by molar-refractivity contribution is -0.138. The van der Waals surface area contributed by atoms with E-state index in [0.29, 0.717) is 18.4 Å². The van der Waals surface area contributed by atoms with Gasteiger partial charge in [-0.3, -0.25) is 9.59 Å². The molecule has 0 atom stereocenters. The van der Waals surface area contributed by atoms with Crippen LogP contribution in [0.15, 0.2) is 24.3 Å². The Kier molecular flexibility index (Phi) is 3.55. The van der Waals surface area contributed by atoms with Gasteiger partial charge < -0.3 is 10.0 Å². The first-order chi connectivity index (χ1) is 8.97. The SMILES string of the molecule is CN(CCC(=O)O)C(=O)C1(c2ccccc2F)CC1. The molecule has 0 bridgehead atoms. The number of amides is 1. The second kappa shape index (κ2) is 4.99. The molecule has 0 unspecified atom stereocenters. The number of benzene rings is 1. The molecule has 4 nitrogen and oxygen atoms in total. The highest BCUT2D eigenvalue weighted by molar-refractivity contribution is 5.91. The topological polar surface area (TPSA) is 57.6 Å². The predicted molar refractivity (Wildman–Crippen MR) is 67.2 cm³/mol. The Bertz CT molecular complexity index is 511. The summed E-state index contributed by atoms with van der Waals surface area (Å²) in [6, 6.07) is 6.28. The number of likely N-dealkylation sites (N-methyl/N-ethyl adjacent to an activating group) is 1. The molecule has 0 radical (unpaired) electrons. The summed E-state index contributed by atoms with van der Waals surface area (Å²) in [6.45, 7) is 0.143. The van der Waals surface area contributed by atoms with Crippen LogP contribution in [0.25, 0.3) is 0 Å². The van der Waals surface area contributed by atoms with Crippen molar-refractivity contribution in [3.8, 4) is 0 Å².